The molecular formula is C13H16BrClO. The summed E-state index contributed by atoms with van der Waals surface area (Å²) in [5.74, 6) is 1.50. The van der Waals surface area contributed by atoms with Crippen LogP contribution in [0, 0.1) is 0 Å². The lowest BCUT2D eigenvalue weighted by molar-refractivity contribution is 0.0543. The summed E-state index contributed by atoms with van der Waals surface area (Å²) >= 11 is 9.75. The Labute approximate surface area is 110 Å². The standard InChI is InChI=1S/C13H16BrClO/c14-11-6-8-13(10-15,9-7-11)16-12-4-2-1-3-5-12/h1-5,11H,6-10H2. The minimum Gasteiger partial charge on any atom is -0.486 e. The largest absolute Gasteiger partial charge is 0.486 e. The fourth-order valence-electron chi connectivity index (χ4n) is 2.11. The Morgan fingerprint density at radius 2 is 1.88 bits per heavy atom. The molecule has 0 bridgehead atoms. The van der Waals surface area contributed by atoms with Crippen LogP contribution in [0.5, 0.6) is 5.75 Å². The molecule has 1 fully saturated rings. The van der Waals surface area contributed by atoms with E-state index in [0.29, 0.717) is 10.7 Å². The Hall–Kier alpha value is -0.210. The van der Waals surface area contributed by atoms with Gasteiger partial charge >= 0.3 is 0 Å². The summed E-state index contributed by atoms with van der Waals surface area (Å²) in [5, 5.41) is 0. The van der Waals surface area contributed by atoms with Crippen LogP contribution < -0.4 is 4.74 Å². The third-order valence-electron chi connectivity index (χ3n) is 3.15. The third-order valence-corrected chi connectivity index (χ3v) is 4.55. The lowest BCUT2D eigenvalue weighted by Crippen LogP contribution is -2.42. The molecule has 0 aromatic heterocycles. The van der Waals surface area contributed by atoms with Gasteiger partial charge < -0.3 is 4.74 Å². The van der Waals surface area contributed by atoms with Crippen LogP contribution in [0.3, 0.4) is 0 Å². The van der Waals surface area contributed by atoms with Gasteiger partial charge in [0.15, 0.2) is 0 Å². The molecule has 0 heterocycles. The van der Waals surface area contributed by atoms with E-state index in [-0.39, 0.29) is 5.60 Å². The maximum Gasteiger partial charge on any atom is 0.123 e. The number of hydrogen-bond acceptors (Lipinski definition) is 1. The van der Waals surface area contributed by atoms with Crippen LogP contribution in [-0.4, -0.2) is 16.3 Å². The second-order valence-corrected chi connectivity index (χ2v) is 5.97. The van der Waals surface area contributed by atoms with Gasteiger partial charge in [0.1, 0.15) is 11.4 Å². The van der Waals surface area contributed by atoms with Crippen molar-refractivity contribution < 1.29 is 4.74 Å². The van der Waals surface area contributed by atoms with Gasteiger partial charge in [-0.1, -0.05) is 34.1 Å². The highest BCUT2D eigenvalue weighted by atomic mass is 79.9. The van der Waals surface area contributed by atoms with Gasteiger partial charge in [0.2, 0.25) is 0 Å². The molecule has 0 saturated heterocycles. The molecule has 1 aromatic carbocycles. The van der Waals surface area contributed by atoms with Crippen molar-refractivity contribution in [2.75, 3.05) is 5.88 Å². The van der Waals surface area contributed by atoms with Crippen molar-refractivity contribution in [3.63, 3.8) is 0 Å². The number of halogens is 2. The second-order valence-electron chi connectivity index (χ2n) is 4.41. The molecule has 0 atom stereocenters. The summed E-state index contributed by atoms with van der Waals surface area (Å²) in [5.41, 5.74) is -0.160. The quantitative estimate of drug-likeness (QED) is 0.753. The first-order valence-electron chi connectivity index (χ1n) is 5.68. The van der Waals surface area contributed by atoms with Crippen LogP contribution in [0.4, 0.5) is 0 Å². The molecule has 1 nitrogen and oxygen atoms in total. The number of para-hydroxylation sites is 1. The Morgan fingerprint density at radius 1 is 1.25 bits per heavy atom. The van der Waals surface area contributed by atoms with E-state index in [2.05, 4.69) is 15.9 Å². The molecule has 16 heavy (non-hydrogen) atoms. The van der Waals surface area contributed by atoms with Crippen LogP contribution in [0.25, 0.3) is 0 Å². The summed E-state index contributed by atoms with van der Waals surface area (Å²) in [7, 11) is 0. The zero-order valence-corrected chi connectivity index (χ0v) is 11.5. The van der Waals surface area contributed by atoms with Gasteiger partial charge in [-0.05, 0) is 37.8 Å². The van der Waals surface area contributed by atoms with Crippen molar-refractivity contribution in [3.05, 3.63) is 30.3 Å². The maximum absolute atomic E-state index is 6.09. The van der Waals surface area contributed by atoms with E-state index in [4.69, 9.17) is 16.3 Å². The van der Waals surface area contributed by atoms with E-state index in [1.807, 2.05) is 30.3 Å². The Balaban J connectivity index is 2.05. The summed E-state index contributed by atoms with van der Waals surface area (Å²) in [6, 6.07) is 9.97. The van der Waals surface area contributed by atoms with E-state index in [0.717, 1.165) is 31.4 Å². The molecule has 2 rings (SSSR count). The van der Waals surface area contributed by atoms with Crippen LogP contribution in [0.2, 0.25) is 0 Å². The van der Waals surface area contributed by atoms with Crippen LogP contribution in [0.1, 0.15) is 25.7 Å². The lowest BCUT2D eigenvalue weighted by Gasteiger charge is -2.37. The fourth-order valence-corrected chi connectivity index (χ4v) is 2.89. The number of alkyl halides is 2. The molecular weight excluding hydrogens is 287 g/mol. The smallest absolute Gasteiger partial charge is 0.123 e. The van der Waals surface area contributed by atoms with Gasteiger partial charge in [-0.25, -0.2) is 0 Å². The number of benzene rings is 1. The molecule has 1 saturated carbocycles. The first kappa shape index (κ1) is 12.3. The Bertz CT molecular complexity index is 320. The molecule has 1 aliphatic carbocycles. The molecule has 0 spiro atoms. The zero-order chi connectivity index (χ0) is 11.4. The van der Waals surface area contributed by atoms with Crippen molar-refractivity contribution in [1.29, 1.82) is 0 Å². The minimum atomic E-state index is -0.160. The molecule has 0 aliphatic heterocycles. The van der Waals surface area contributed by atoms with E-state index in [9.17, 15) is 0 Å². The predicted octanol–water partition coefficient (Wildman–Crippen LogP) is 4.38. The van der Waals surface area contributed by atoms with Crippen LogP contribution >= 0.6 is 27.5 Å². The van der Waals surface area contributed by atoms with Crippen LogP contribution in [0.15, 0.2) is 30.3 Å². The van der Waals surface area contributed by atoms with Crippen LogP contribution in [-0.2, 0) is 0 Å². The summed E-state index contributed by atoms with van der Waals surface area (Å²) in [6.07, 6.45) is 4.34. The highest BCUT2D eigenvalue weighted by Gasteiger charge is 2.36. The molecule has 0 amide bonds. The molecule has 1 aliphatic rings. The van der Waals surface area contributed by atoms with Crippen molar-refractivity contribution >= 4 is 27.5 Å². The normalized spacial score (nSPS) is 30.0. The van der Waals surface area contributed by atoms with E-state index in [1.54, 1.807) is 0 Å². The second kappa shape index (κ2) is 5.42. The van der Waals surface area contributed by atoms with Crippen molar-refractivity contribution in [2.24, 2.45) is 0 Å². The molecule has 88 valence electrons. The number of ether oxygens (including phenoxy) is 1. The van der Waals surface area contributed by atoms with E-state index >= 15 is 0 Å². The van der Waals surface area contributed by atoms with Crippen molar-refractivity contribution in [1.82, 2.24) is 0 Å². The number of rotatable bonds is 3. The molecule has 0 N–H and O–H groups in total. The topological polar surface area (TPSA) is 9.23 Å². The van der Waals surface area contributed by atoms with Gasteiger partial charge in [0.05, 0.1) is 5.88 Å². The molecule has 3 heteroatoms. The van der Waals surface area contributed by atoms with Crippen molar-refractivity contribution in [2.45, 2.75) is 36.1 Å². The zero-order valence-electron chi connectivity index (χ0n) is 9.16. The maximum atomic E-state index is 6.09. The highest BCUT2D eigenvalue weighted by molar-refractivity contribution is 9.09. The predicted molar refractivity (Wildman–Crippen MR) is 71.7 cm³/mol. The Morgan fingerprint density at radius 3 is 2.44 bits per heavy atom. The molecule has 0 unspecified atom stereocenters. The lowest BCUT2D eigenvalue weighted by atomic mass is 9.86. The highest BCUT2D eigenvalue weighted by Crippen LogP contribution is 2.36. The van der Waals surface area contributed by atoms with E-state index in [1.165, 1.54) is 0 Å². The van der Waals surface area contributed by atoms with Crippen molar-refractivity contribution in [3.8, 4) is 5.75 Å². The fraction of sp³-hybridized carbons (Fsp3) is 0.538. The summed E-state index contributed by atoms with van der Waals surface area (Å²) in [4.78, 5) is 0.628. The van der Waals surface area contributed by atoms with Gasteiger partial charge in [0.25, 0.3) is 0 Å². The van der Waals surface area contributed by atoms with Gasteiger partial charge in [-0.15, -0.1) is 11.6 Å². The third kappa shape index (κ3) is 2.92. The minimum absolute atomic E-state index is 0.160. The first-order valence-corrected chi connectivity index (χ1v) is 7.13. The average molecular weight is 304 g/mol. The van der Waals surface area contributed by atoms with Gasteiger partial charge in [-0.3, -0.25) is 0 Å². The average Bonchev–Trinajstić information content (AvgIpc) is 2.34. The summed E-state index contributed by atoms with van der Waals surface area (Å²) in [6.45, 7) is 0. The number of hydrogen-bond donors (Lipinski definition) is 0. The van der Waals surface area contributed by atoms with Gasteiger partial charge in [0, 0.05) is 4.83 Å². The Kier molecular flexibility index (Phi) is 4.15. The molecule has 0 radical (unpaired) electrons. The van der Waals surface area contributed by atoms with E-state index < -0.39 is 0 Å². The SMILES string of the molecule is ClCC1(Oc2ccccc2)CCC(Br)CC1. The molecule has 1 aromatic rings. The monoisotopic (exact) mass is 302 g/mol. The summed E-state index contributed by atoms with van der Waals surface area (Å²) < 4.78 is 6.09. The van der Waals surface area contributed by atoms with Gasteiger partial charge in [-0.2, -0.15) is 0 Å². The first-order chi connectivity index (χ1) is 7.74.